The Morgan fingerprint density at radius 1 is 1.32 bits per heavy atom. The number of rotatable bonds is 6. The summed E-state index contributed by atoms with van der Waals surface area (Å²) in [6, 6.07) is 9.10. The highest BCUT2D eigenvalue weighted by atomic mass is 35.5. The molecule has 5 rings (SSSR count). The van der Waals surface area contributed by atoms with Crippen molar-refractivity contribution in [3.63, 3.8) is 0 Å². The van der Waals surface area contributed by atoms with Gasteiger partial charge in [0.2, 0.25) is 0 Å². The van der Waals surface area contributed by atoms with Crippen LogP contribution in [0.1, 0.15) is 23.4 Å². The van der Waals surface area contributed by atoms with Gasteiger partial charge < -0.3 is 14.7 Å². The number of ether oxygens (including phenoxy) is 1. The van der Waals surface area contributed by atoms with Crippen molar-refractivity contribution in [2.24, 2.45) is 0 Å². The molecule has 1 aromatic carbocycles. The SMILES string of the molecule is Cc1nc2c(C#N)c(C(F)F)nn2c(N2CC(OCCO)C2)c1-c1nccc2cc(Cl)ccc12. The minimum atomic E-state index is -2.93. The highest BCUT2D eigenvalue weighted by Gasteiger charge is 2.35. The molecule has 0 unspecified atom stereocenters. The third-order valence-electron chi connectivity index (χ3n) is 5.82. The Morgan fingerprint density at radius 2 is 2.12 bits per heavy atom. The van der Waals surface area contributed by atoms with Gasteiger partial charge in [-0.25, -0.2) is 13.8 Å². The van der Waals surface area contributed by atoms with Crippen molar-refractivity contribution in [1.82, 2.24) is 19.6 Å². The van der Waals surface area contributed by atoms with E-state index in [-0.39, 0.29) is 30.5 Å². The molecule has 0 saturated carbocycles. The van der Waals surface area contributed by atoms with Crippen LogP contribution in [0, 0.1) is 18.3 Å². The standard InChI is InChI=1S/C23H19ClF2N6O2/c1-12-18(19-16-3-2-14(24)8-13(16)4-5-28-19)23(31-10-15(11-31)34-7-6-33)32-22(29-12)17(9-27)20(30-32)21(25)26/h2-5,8,15,21,33H,6-7,10-11H2,1H3. The number of hydrogen-bond donors (Lipinski definition) is 1. The fraction of sp³-hybridized carbons (Fsp3) is 0.304. The van der Waals surface area contributed by atoms with Gasteiger partial charge in [-0.1, -0.05) is 17.7 Å². The smallest absolute Gasteiger partial charge is 0.283 e. The first-order valence-electron chi connectivity index (χ1n) is 10.6. The molecule has 0 radical (unpaired) electrons. The van der Waals surface area contributed by atoms with Crippen LogP contribution in [0.25, 0.3) is 27.7 Å². The van der Waals surface area contributed by atoms with E-state index < -0.39 is 12.1 Å². The molecular weight excluding hydrogens is 466 g/mol. The highest BCUT2D eigenvalue weighted by Crippen LogP contribution is 2.40. The van der Waals surface area contributed by atoms with E-state index in [1.54, 1.807) is 19.2 Å². The van der Waals surface area contributed by atoms with Crippen LogP contribution in [0.2, 0.25) is 5.02 Å². The first kappa shape index (κ1) is 22.4. The summed E-state index contributed by atoms with van der Waals surface area (Å²) in [5.41, 5.74) is 0.944. The van der Waals surface area contributed by atoms with Gasteiger partial charge in [-0.2, -0.15) is 14.9 Å². The van der Waals surface area contributed by atoms with E-state index in [0.717, 1.165) is 10.8 Å². The Kier molecular flexibility index (Phi) is 5.77. The Labute approximate surface area is 198 Å². The maximum absolute atomic E-state index is 13.7. The second-order valence-corrected chi connectivity index (χ2v) is 8.39. The van der Waals surface area contributed by atoms with Crippen LogP contribution in [-0.2, 0) is 4.74 Å². The quantitative estimate of drug-likeness (QED) is 0.443. The molecule has 4 heterocycles. The first-order chi connectivity index (χ1) is 16.4. The summed E-state index contributed by atoms with van der Waals surface area (Å²) in [7, 11) is 0. The van der Waals surface area contributed by atoms with E-state index in [0.29, 0.717) is 40.9 Å². The number of aromatic nitrogens is 4. The zero-order chi connectivity index (χ0) is 24.0. The van der Waals surface area contributed by atoms with Crippen LogP contribution in [0.4, 0.5) is 14.6 Å². The van der Waals surface area contributed by atoms with Gasteiger partial charge >= 0.3 is 0 Å². The maximum Gasteiger partial charge on any atom is 0.283 e. The lowest BCUT2D eigenvalue weighted by Gasteiger charge is -2.41. The number of halogens is 3. The maximum atomic E-state index is 13.7. The second-order valence-electron chi connectivity index (χ2n) is 7.95. The number of pyridine rings is 1. The molecule has 8 nitrogen and oxygen atoms in total. The summed E-state index contributed by atoms with van der Waals surface area (Å²) >= 11 is 6.17. The van der Waals surface area contributed by atoms with Crippen molar-refractivity contribution in [2.75, 3.05) is 31.2 Å². The monoisotopic (exact) mass is 484 g/mol. The first-order valence-corrected chi connectivity index (χ1v) is 10.9. The van der Waals surface area contributed by atoms with Gasteiger partial charge in [-0.05, 0) is 30.5 Å². The molecule has 174 valence electrons. The molecule has 0 amide bonds. The normalized spacial score (nSPS) is 14.2. The molecule has 11 heteroatoms. The highest BCUT2D eigenvalue weighted by molar-refractivity contribution is 6.31. The van der Waals surface area contributed by atoms with Crippen LogP contribution < -0.4 is 4.90 Å². The molecule has 3 aromatic heterocycles. The molecule has 1 aliphatic heterocycles. The summed E-state index contributed by atoms with van der Waals surface area (Å²) in [6.07, 6.45) is -1.41. The molecule has 1 N–H and O–H groups in total. The third-order valence-corrected chi connectivity index (χ3v) is 6.06. The number of anilines is 1. The summed E-state index contributed by atoms with van der Waals surface area (Å²) in [5.74, 6) is 0.504. The van der Waals surface area contributed by atoms with Crippen LogP contribution in [0.5, 0.6) is 0 Å². The Bertz CT molecular complexity index is 1450. The molecule has 4 aromatic rings. The number of benzene rings is 1. The van der Waals surface area contributed by atoms with Crippen LogP contribution in [-0.4, -0.2) is 57.1 Å². The van der Waals surface area contributed by atoms with E-state index in [9.17, 15) is 14.0 Å². The molecule has 0 bridgehead atoms. The van der Waals surface area contributed by atoms with Gasteiger partial charge in [0.05, 0.1) is 36.3 Å². The van der Waals surface area contributed by atoms with Crippen molar-refractivity contribution in [3.05, 3.63) is 52.4 Å². The fourth-order valence-electron chi connectivity index (χ4n) is 4.27. The van der Waals surface area contributed by atoms with Crippen molar-refractivity contribution < 1.29 is 18.6 Å². The predicted octanol–water partition coefficient (Wildman–Crippen LogP) is 3.91. The van der Waals surface area contributed by atoms with Gasteiger partial charge in [0.25, 0.3) is 6.43 Å². The largest absolute Gasteiger partial charge is 0.394 e. The van der Waals surface area contributed by atoms with Gasteiger partial charge in [-0.15, -0.1) is 0 Å². The number of nitriles is 1. The molecule has 0 spiro atoms. The van der Waals surface area contributed by atoms with Gasteiger partial charge in [0, 0.05) is 29.7 Å². The zero-order valence-corrected chi connectivity index (χ0v) is 18.8. The average molecular weight is 485 g/mol. The number of aliphatic hydroxyl groups excluding tert-OH is 1. The van der Waals surface area contributed by atoms with E-state index in [2.05, 4.69) is 15.1 Å². The van der Waals surface area contributed by atoms with Crippen molar-refractivity contribution in [1.29, 1.82) is 5.26 Å². The number of fused-ring (bicyclic) bond motifs is 2. The van der Waals surface area contributed by atoms with Crippen molar-refractivity contribution in [2.45, 2.75) is 19.5 Å². The topological polar surface area (TPSA) is 99.6 Å². The number of aryl methyl sites for hydroxylation is 1. The fourth-order valence-corrected chi connectivity index (χ4v) is 4.45. The van der Waals surface area contributed by atoms with Gasteiger partial charge in [-0.3, -0.25) is 4.98 Å². The van der Waals surface area contributed by atoms with E-state index in [4.69, 9.17) is 21.4 Å². The summed E-state index contributed by atoms with van der Waals surface area (Å²) in [4.78, 5) is 11.0. The second kappa shape index (κ2) is 8.76. The molecule has 1 fully saturated rings. The molecule has 1 aliphatic rings. The van der Waals surface area contributed by atoms with Crippen molar-refractivity contribution >= 4 is 33.8 Å². The summed E-state index contributed by atoms with van der Waals surface area (Å²) in [6.45, 7) is 2.77. The Hall–Kier alpha value is -3.39. The summed E-state index contributed by atoms with van der Waals surface area (Å²) < 4.78 is 34.3. The van der Waals surface area contributed by atoms with Gasteiger partial charge in [0.1, 0.15) is 23.1 Å². The molecule has 0 atom stereocenters. The number of aliphatic hydroxyl groups is 1. The Morgan fingerprint density at radius 3 is 2.82 bits per heavy atom. The minimum Gasteiger partial charge on any atom is -0.394 e. The summed E-state index contributed by atoms with van der Waals surface area (Å²) in [5, 5.41) is 25.0. The Balaban J connectivity index is 1.77. The predicted molar refractivity (Wildman–Crippen MR) is 122 cm³/mol. The minimum absolute atomic E-state index is 0.0667. The van der Waals surface area contributed by atoms with E-state index >= 15 is 0 Å². The number of nitrogens with zero attached hydrogens (tertiary/aromatic N) is 6. The lowest BCUT2D eigenvalue weighted by molar-refractivity contribution is 0.0132. The average Bonchev–Trinajstić information content (AvgIpc) is 3.15. The van der Waals surface area contributed by atoms with E-state index in [1.165, 1.54) is 4.52 Å². The third kappa shape index (κ3) is 3.62. The zero-order valence-electron chi connectivity index (χ0n) is 18.0. The molecule has 34 heavy (non-hydrogen) atoms. The molecular formula is C23H19ClF2N6O2. The van der Waals surface area contributed by atoms with Gasteiger partial charge in [0.15, 0.2) is 5.65 Å². The molecule has 0 aliphatic carbocycles. The lowest BCUT2D eigenvalue weighted by Crippen LogP contribution is -2.53. The van der Waals surface area contributed by atoms with Crippen LogP contribution >= 0.6 is 11.6 Å². The number of alkyl halides is 2. The molecule has 1 saturated heterocycles. The van der Waals surface area contributed by atoms with Crippen LogP contribution in [0.3, 0.4) is 0 Å². The van der Waals surface area contributed by atoms with Crippen LogP contribution in [0.15, 0.2) is 30.5 Å². The van der Waals surface area contributed by atoms with E-state index in [1.807, 2.05) is 29.2 Å². The lowest BCUT2D eigenvalue weighted by atomic mass is 10.0. The van der Waals surface area contributed by atoms with Crippen molar-refractivity contribution in [3.8, 4) is 17.3 Å². The number of hydrogen-bond acceptors (Lipinski definition) is 7.